The Balaban J connectivity index is 1.78. The van der Waals surface area contributed by atoms with Gasteiger partial charge in [-0.25, -0.2) is 0 Å². The fraction of sp³-hybridized carbons (Fsp3) is 0.462. The van der Waals surface area contributed by atoms with Crippen molar-refractivity contribution >= 4 is 33.2 Å². The van der Waals surface area contributed by atoms with E-state index in [1.165, 1.54) is 0 Å². The number of nitrogens with zero attached hydrogens (tertiary/aromatic N) is 3. The molecule has 1 aliphatic heterocycles. The molecule has 3 heterocycles. The van der Waals surface area contributed by atoms with E-state index in [1.807, 2.05) is 16.3 Å². The number of likely N-dealkylation sites (tertiary alicyclic amines) is 1. The summed E-state index contributed by atoms with van der Waals surface area (Å²) in [5, 5.41) is 6.07. The number of carbonyl (C=O) groups excluding carboxylic acids is 1. The molecule has 106 valence electrons. The lowest BCUT2D eigenvalue weighted by molar-refractivity contribution is -0.130. The van der Waals surface area contributed by atoms with Crippen LogP contribution < -0.4 is 0 Å². The van der Waals surface area contributed by atoms with Crippen molar-refractivity contribution in [3.05, 3.63) is 21.7 Å². The molecular weight excluding hydrogens is 342 g/mol. The molecule has 1 amide bonds. The van der Waals surface area contributed by atoms with Crippen molar-refractivity contribution in [3.8, 4) is 10.8 Å². The minimum atomic E-state index is 0.112. The van der Waals surface area contributed by atoms with Gasteiger partial charge in [0.15, 0.2) is 5.82 Å². The van der Waals surface area contributed by atoms with Crippen LogP contribution >= 0.6 is 27.3 Å². The zero-order valence-electron chi connectivity index (χ0n) is 11.0. The molecule has 0 spiro atoms. The molecule has 1 aliphatic rings. The molecule has 20 heavy (non-hydrogen) atoms. The van der Waals surface area contributed by atoms with Gasteiger partial charge in [0.1, 0.15) is 0 Å². The van der Waals surface area contributed by atoms with Gasteiger partial charge in [-0.15, -0.1) is 11.3 Å². The Morgan fingerprint density at radius 2 is 2.45 bits per heavy atom. The molecule has 0 radical (unpaired) electrons. The van der Waals surface area contributed by atoms with Crippen LogP contribution in [0.2, 0.25) is 0 Å². The van der Waals surface area contributed by atoms with Crippen molar-refractivity contribution in [1.82, 2.24) is 15.0 Å². The standard InChI is InChI=1S/C13H14BrN3O2S/c1-8(18)17-4-2-3-9(6-17)12-15-13(19-16-12)11-5-10(14)7-20-11/h5,7,9H,2-4,6H2,1H3. The van der Waals surface area contributed by atoms with E-state index < -0.39 is 0 Å². The monoisotopic (exact) mass is 355 g/mol. The van der Waals surface area contributed by atoms with Crippen LogP contribution in [0.4, 0.5) is 0 Å². The molecule has 0 aliphatic carbocycles. The Kier molecular flexibility index (Phi) is 3.89. The quantitative estimate of drug-likeness (QED) is 0.829. The summed E-state index contributed by atoms with van der Waals surface area (Å²) in [5.74, 6) is 1.54. The van der Waals surface area contributed by atoms with Crippen LogP contribution in [-0.4, -0.2) is 34.0 Å². The van der Waals surface area contributed by atoms with E-state index in [1.54, 1.807) is 18.3 Å². The number of amides is 1. The largest absolute Gasteiger partial charge is 0.342 e. The summed E-state index contributed by atoms with van der Waals surface area (Å²) in [7, 11) is 0. The van der Waals surface area contributed by atoms with Gasteiger partial charge in [0.05, 0.1) is 4.88 Å². The fourth-order valence-corrected chi connectivity index (χ4v) is 3.75. The van der Waals surface area contributed by atoms with Crippen molar-refractivity contribution in [2.24, 2.45) is 0 Å². The van der Waals surface area contributed by atoms with Gasteiger partial charge in [0, 0.05) is 35.8 Å². The molecule has 1 saturated heterocycles. The Labute approximate surface area is 129 Å². The van der Waals surface area contributed by atoms with E-state index in [-0.39, 0.29) is 11.8 Å². The van der Waals surface area contributed by atoms with E-state index in [9.17, 15) is 4.79 Å². The van der Waals surface area contributed by atoms with Gasteiger partial charge in [0.25, 0.3) is 5.89 Å². The van der Waals surface area contributed by atoms with E-state index in [2.05, 4.69) is 26.1 Å². The minimum Gasteiger partial charge on any atom is -0.342 e. The van der Waals surface area contributed by atoms with E-state index in [0.29, 0.717) is 18.3 Å². The van der Waals surface area contributed by atoms with E-state index in [4.69, 9.17) is 4.52 Å². The molecule has 0 bridgehead atoms. The number of hydrogen-bond donors (Lipinski definition) is 0. The molecule has 0 aromatic carbocycles. The zero-order valence-corrected chi connectivity index (χ0v) is 13.4. The average molecular weight is 356 g/mol. The third-order valence-corrected chi connectivity index (χ3v) is 5.13. The lowest BCUT2D eigenvalue weighted by Crippen LogP contribution is -2.37. The first kappa shape index (κ1) is 13.8. The van der Waals surface area contributed by atoms with E-state index >= 15 is 0 Å². The second-order valence-corrected chi connectivity index (χ2v) is 6.72. The third kappa shape index (κ3) is 2.78. The summed E-state index contributed by atoms with van der Waals surface area (Å²) < 4.78 is 6.35. The predicted molar refractivity (Wildman–Crippen MR) is 79.5 cm³/mol. The number of hydrogen-bond acceptors (Lipinski definition) is 5. The number of halogens is 1. The summed E-state index contributed by atoms with van der Waals surface area (Å²) in [5.41, 5.74) is 0. The van der Waals surface area contributed by atoms with Gasteiger partial charge >= 0.3 is 0 Å². The maximum Gasteiger partial charge on any atom is 0.268 e. The SMILES string of the molecule is CC(=O)N1CCCC(c2noc(-c3cc(Br)cs3)n2)C1. The highest BCUT2D eigenvalue weighted by Gasteiger charge is 2.26. The molecule has 1 unspecified atom stereocenters. The number of carbonyl (C=O) groups is 1. The second-order valence-electron chi connectivity index (χ2n) is 4.89. The molecule has 7 heteroatoms. The van der Waals surface area contributed by atoms with Crippen molar-refractivity contribution in [2.75, 3.05) is 13.1 Å². The molecule has 2 aromatic heterocycles. The molecule has 2 aromatic rings. The first-order valence-corrected chi connectivity index (χ1v) is 8.14. The van der Waals surface area contributed by atoms with Crippen molar-refractivity contribution in [1.29, 1.82) is 0 Å². The van der Waals surface area contributed by atoms with Crippen molar-refractivity contribution in [3.63, 3.8) is 0 Å². The van der Waals surface area contributed by atoms with Gasteiger partial charge in [-0.1, -0.05) is 5.16 Å². The number of thiophene rings is 1. The number of piperidine rings is 1. The molecule has 0 saturated carbocycles. The van der Waals surface area contributed by atoms with Gasteiger partial charge < -0.3 is 9.42 Å². The minimum absolute atomic E-state index is 0.112. The summed E-state index contributed by atoms with van der Waals surface area (Å²) in [6.45, 7) is 3.12. The average Bonchev–Trinajstić information content (AvgIpc) is 3.07. The fourth-order valence-electron chi connectivity index (χ4n) is 2.40. The van der Waals surface area contributed by atoms with Crippen LogP contribution in [0, 0.1) is 0 Å². The zero-order chi connectivity index (χ0) is 14.1. The smallest absolute Gasteiger partial charge is 0.268 e. The molecule has 0 N–H and O–H groups in total. The van der Waals surface area contributed by atoms with E-state index in [0.717, 1.165) is 28.7 Å². The molecule has 5 nitrogen and oxygen atoms in total. The molecular formula is C13H14BrN3O2S. The maximum absolute atomic E-state index is 11.5. The van der Waals surface area contributed by atoms with Crippen molar-refractivity contribution in [2.45, 2.75) is 25.7 Å². The van der Waals surface area contributed by atoms with Crippen LogP contribution in [0.5, 0.6) is 0 Å². The highest BCUT2D eigenvalue weighted by Crippen LogP contribution is 2.31. The number of rotatable bonds is 2. The normalized spacial score (nSPS) is 19.3. The van der Waals surface area contributed by atoms with Crippen LogP contribution in [0.25, 0.3) is 10.8 Å². The second kappa shape index (κ2) is 5.65. The molecule has 1 atom stereocenters. The highest BCUT2D eigenvalue weighted by atomic mass is 79.9. The molecule has 1 fully saturated rings. The predicted octanol–water partition coefficient (Wildman–Crippen LogP) is 3.29. The lowest BCUT2D eigenvalue weighted by atomic mass is 9.97. The van der Waals surface area contributed by atoms with Crippen LogP contribution in [0.3, 0.4) is 0 Å². The Morgan fingerprint density at radius 3 is 3.15 bits per heavy atom. The maximum atomic E-state index is 11.5. The first-order valence-electron chi connectivity index (χ1n) is 6.47. The molecule has 3 rings (SSSR count). The summed E-state index contributed by atoms with van der Waals surface area (Å²) in [6.07, 6.45) is 1.98. The van der Waals surface area contributed by atoms with Gasteiger partial charge in [-0.05, 0) is 34.8 Å². The van der Waals surface area contributed by atoms with Crippen LogP contribution in [-0.2, 0) is 4.79 Å². The Hall–Kier alpha value is -1.21. The number of aromatic nitrogens is 2. The summed E-state index contributed by atoms with van der Waals surface area (Å²) >= 11 is 4.97. The topological polar surface area (TPSA) is 59.2 Å². The van der Waals surface area contributed by atoms with Crippen LogP contribution in [0.15, 0.2) is 20.4 Å². The first-order chi connectivity index (χ1) is 9.63. The third-order valence-electron chi connectivity index (χ3n) is 3.45. The van der Waals surface area contributed by atoms with Crippen molar-refractivity contribution < 1.29 is 9.32 Å². The summed E-state index contributed by atoms with van der Waals surface area (Å²) in [4.78, 5) is 18.8. The lowest BCUT2D eigenvalue weighted by Gasteiger charge is -2.30. The van der Waals surface area contributed by atoms with Crippen LogP contribution in [0.1, 0.15) is 31.5 Å². The van der Waals surface area contributed by atoms with Gasteiger partial charge in [-0.3, -0.25) is 4.79 Å². The van der Waals surface area contributed by atoms with Gasteiger partial charge in [0.2, 0.25) is 5.91 Å². The summed E-state index contributed by atoms with van der Waals surface area (Å²) in [6, 6.07) is 1.96. The Morgan fingerprint density at radius 1 is 1.60 bits per heavy atom. The highest BCUT2D eigenvalue weighted by molar-refractivity contribution is 9.10. The van der Waals surface area contributed by atoms with Gasteiger partial charge in [-0.2, -0.15) is 4.98 Å². The Bertz CT molecular complexity index is 625.